The van der Waals surface area contributed by atoms with Crippen LogP contribution in [0, 0.1) is 11.3 Å². The highest BCUT2D eigenvalue weighted by Crippen LogP contribution is 2.11. The number of rotatable bonds is 3. The monoisotopic (exact) mass is 226 g/mol. The first kappa shape index (κ1) is 10.9. The number of carbonyl (C=O) groups excluding carboxylic acids is 1. The van der Waals surface area contributed by atoms with Crippen molar-refractivity contribution >= 4 is 11.6 Å². The van der Waals surface area contributed by atoms with Crippen molar-refractivity contribution in [3.63, 3.8) is 0 Å². The maximum atomic E-state index is 11.7. The Morgan fingerprint density at radius 1 is 1.41 bits per heavy atom. The fourth-order valence-corrected chi connectivity index (χ4v) is 1.38. The number of aromatic amines is 1. The average Bonchev–Trinajstić information content (AvgIpc) is 2.86. The first-order chi connectivity index (χ1) is 8.29. The van der Waals surface area contributed by atoms with Gasteiger partial charge in [-0.25, -0.2) is 0 Å². The van der Waals surface area contributed by atoms with Gasteiger partial charge in [0.05, 0.1) is 24.3 Å². The number of hydrogen-bond acceptors (Lipinski definition) is 3. The number of nitrogens with one attached hydrogen (secondary N) is 2. The van der Waals surface area contributed by atoms with Crippen molar-refractivity contribution < 1.29 is 4.79 Å². The van der Waals surface area contributed by atoms with E-state index in [9.17, 15) is 4.79 Å². The molecule has 2 N–H and O–H groups in total. The van der Waals surface area contributed by atoms with Gasteiger partial charge in [-0.3, -0.25) is 9.89 Å². The lowest BCUT2D eigenvalue weighted by molar-refractivity contribution is 0.102. The zero-order chi connectivity index (χ0) is 12.1. The molecule has 0 aliphatic carbocycles. The fourth-order valence-electron chi connectivity index (χ4n) is 1.38. The van der Waals surface area contributed by atoms with Gasteiger partial charge in [0.1, 0.15) is 0 Å². The number of benzene rings is 1. The number of carbonyl (C=O) groups is 1. The molecule has 0 aliphatic rings. The zero-order valence-corrected chi connectivity index (χ0v) is 8.97. The molecule has 0 unspecified atom stereocenters. The molecule has 0 spiro atoms. The molecule has 84 valence electrons. The summed E-state index contributed by atoms with van der Waals surface area (Å²) < 4.78 is 0. The van der Waals surface area contributed by atoms with Crippen LogP contribution in [0.15, 0.2) is 36.7 Å². The minimum atomic E-state index is -0.216. The normalized spacial score (nSPS) is 9.59. The predicted molar refractivity (Wildman–Crippen MR) is 62.3 cm³/mol. The van der Waals surface area contributed by atoms with Crippen LogP contribution >= 0.6 is 0 Å². The van der Waals surface area contributed by atoms with E-state index in [0.717, 1.165) is 5.56 Å². The summed E-state index contributed by atoms with van der Waals surface area (Å²) in [4.78, 5) is 11.7. The molecule has 2 rings (SSSR count). The molecule has 0 saturated heterocycles. The lowest BCUT2D eigenvalue weighted by atomic mass is 10.1. The molecule has 17 heavy (non-hydrogen) atoms. The van der Waals surface area contributed by atoms with Crippen molar-refractivity contribution in [3.8, 4) is 6.07 Å². The largest absolute Gasteiger partial charge is 0.322 e. The lowest BCUT2D eigenvalue weighted by Gasteiger charge is -2.03. The molecule has 0 atom stereocenters. The topological polar surface area (TPSA) is 81.6 Å². The third kappa shape index (κ3) is 2.69. The SMILES string of the molecule is N#CCc1ccc(NC(=O)c2cn[nH]c2)cc1. The minimum Gasteiger partial charge on any atom is -0.322 e. The number of hydrogen-bond donors (Lipinski definition) is 2. The summed E-state index contributed by atoms with van der Waals surface area (Å²) in [6.45, 7) is 0. The number of H-pyrrole nitrogens is 1. The van der Waals surface area contributed by atoms with Gasteiger partial charge < -0.3 is 5.32 Å². The molecule has 0 fully saturated rings. The van der Waals surface area contributed by atoms with E-state index < -0.39 is 0 Å². The van der Waals surface area contributed by atoms with Gasteiger partial charge in [0.2, 0.25) is 0 Å². The summed E-state index contributed by atoms with van der Waals surface area (Å²) in [6.07, 6.45) is 3.36. The van der Waals surface area contributed by atoms with Gasteiger partial charge in [-0.15, -0.1) is 0 Å². The van der Waals surface area contributed by atoms with Crippen LogP contribution in [0.4, 0.5) is 5.69 Å². The van der Waals surface area contributed by atoms with Crippen molar-refractivity contribution in [2.75, 3.05) is 5.32 Å². The minimum absolute atomic E-state index is 0.216. The Bertz CT molecular complexity index is 537. The Labute approximate surface area is 98.1 Å². The third-order valence-electron chi connectivity index (χ3n) is 2.26. The second kappa shape index (κ2) is 4.94. The van der Waals surface area contributed by atoms with Gasteiger partial charge in [-0.05, 0) is 17.7 Å². The third-order valence-corrected chi connectivity index (χ3v) is 2.26. The summed E-state index contributed by atoms with van der Waals surface area (Å²) in [7, 11) is 0. The van der Waals surface area contributed by atoms with Crippen molar-refractivity contribution in [2.24, 2.45) is 0 Å². The van der Waals surface area contributed by atoms with E-state index in [1.54, 1.807) is 12.1 Å². The van der Waals surface area contributed by atoms with E-state index in [4.69, 9.17) is 5.26 Å². The molecule has 5 heteroatoms. The maximum Gasteiger partial charge on any atom is 0.258 e. The molecule has 0 bridgehead atoms. The number of anilines is 1. The van der Waals surface area contributed by atoms with Crippen molar-refractivity contribution in [1.82, 2.24) is 10.2 Å². The van der Waals surface area contributed by atoms with Crippen LogP contribution in [-0.4, -0.2) is 16.1 Å². The molecule has 0 aliphatic heterocycles. The molecule has 0 radical (unpaired) electrons. The summed E-state index contributed by atoms with van der Waals surface area (Å²) in [5, 5.41) is 17.5. The van der Waals surface area contributed by atoms with Crippen LogP contribution in [0.25, 0.3) is 0 Å². The standard InChI is InChI=1S/C12H10N4O/c13-6-5-9-1-3-11(4-2-9)16-12(17)10-7-14-15-8-10/h1-4,7-8H,5H2,(H,14,15)(H,16,17). The highest BCUT2D eigenvalue weighted by Gasteiger charge is 2.06. The molecule has 0 saturated carbocycles. The first-order valence-corrected chi connectivity index (χ1v) is 5.05. The first-order valence-electron chi connectivity index (χ1n) is 5.05. The van der Waals surface area contributed by atoms with Crippen LogP contribution in [0.1, 0.15) is 15.9 Å². The number of nitrogens with zero attached hydrogens (tertiary/aromatic N) is 2. The van der Waals surface area contributed by atoms with Crippen molar-refractivity contribution in [1.29, 1.82) is 5.26 Å². The Hall–Kier alpha value is -2.61. The van der Waals surface area contributed by atoms with Crippen molar-refractivity contribution in [3.05, 3.63) is 47.8 Å². The lowest BCUT2D eigenvalue weighted by Crippen LogP contribution is -2.10. The predicted octanol–water partition coefficient (Wildman–Crippen LogP) is 1.73. The van der Waals surface area contributed by atoms with E-state index in [1.807, 2.05) is 12.1 Å². The smallest absolute Gasteiger partial charge is 0.258 e. The van der Waals surface area contributed by atoms with E-state index >= 15 is 0 Å². The van der Waals surface area contributed by atoms with Gasteiger partial charge in [-0.2, -0.15) is 10.4 Å². The Balaban J connectivity index is 2.05. The van der Waals surface area contributed by atoms with Crippen LogP contribution in [-0.2, 0) is 6.42 Å². The van der Waals surface area contributed by atoms with Crippen LogP contribution < -0.4 is 5.32 Å². The fraction of sp³-hybridized carbons (Fsp3) is 0.0833. The quantitative estimate of drug-likeness (QED) is 0.836. The molecule has 1 amide bonds. The summed E-state index contributed by atoms with van der Waals surface area (Å²) in [5.41, 5.74) is 2.10. The maximum absolute atomic E-state index is 11.7. The van der Waals surface area contributed by atoms with E-state index in [1.165, 1.54) is 12.4 Å². The molecule has 5 nitrogen and oxygen atoms in total. The molecule has 1 aromatic carbocycles. The second-order valence-electron chi connectivity index (χ2n) is 3.47. The van der Waals surface area contributed by atoms with Gasteiger partial charge >= 0.3 is 0 Å². The highest BCUT2D eigenvalue weighted by molar-refractivity contribution is 6.03. The summed E-state index contributed by atoms with van der Waals surface area (Å²) >= 11 is 0. The molecule has 1 aromatic heterocycles. The molecule has 1 heterocycles. The zero-order valence-electron chi connectivity index (χ0n) is 8.97. The second-order valence-corrected chi connectivity index (χ2v) is 3.47. The Kier molecular flexibility index (Phi) is 3.17. The van der Waals surface area contributed by atoms with Gasteiger partial charge in [0.15, 0.2) is 0 Å². The Morgan fingerprint density at radius 2 is 2.18 bits per heavy atom. The molecular formula is C12H10N4O. The van der Waals surface area contributed by atoms with Crippen LogP contribution in [0.5, 0.6) is 0 Å². The van der Waals surface area contributed by atoms with Gasteiger partial charge in [0, 0.05) is 11.9 Å². The summed E-state index contributed by atoms with van der Waals surface area (Å²) in [6, 6.07) is 9.23. The number of amides is 1. The highest BCUT2D eigenvalue weighted by atomic mass is 16.1. The van der Waals surface area contributed by atoms with Crippen LogP contribution in [0.2, 0.25) is 0 Å². The van der Waals surface area contributed by atoms with E-state index in [0.29, 0.717) is 17.7 Å². The summed E-state index contributed by atoms with van der Waals surface area (Å²) in [5.74, 6) is -0.216. The number of aromatic nitrogens is 2. The van der Waals surface area contributed by atoms with Gasteiger partial charge in [-0.1, -0.05) is 12.1 Å². The average molecular weight is 226 g/mol. The van der Waals surface area contributed by atoms with E-state index in [2.05, 4.69) is 21.6 Å². The van der Waals surface area contributed by atoms with E-state index in [-0.39, 0.29) is 5.91 Å². The van der Waals surface area contributed by atoms with Gasteiger partial charge in [0.25, 0.3) is 5.91 Å². The van der Waals surface area contributed by atoms with Crippen molar-refractivity contribution in [2.45, 2.75) is 6.42 Å². The van der Waals surface area contributed by atoms with Crippen LogP contribution in [0.3, 0.4) is 0 Å². The Morgan fingerprint density at radius 3 is 2.76 bits per heavy atom. The number of nitriles is 1. The molecule has 2 aromatic rings. The molecular weight excluding hydrogens is 216 g/mol.